The molecule has 2 N–H and O–H groups in total. The van der Waals surface area contributed by atoms with Crippen LogP contribution in [0, 0.1) is 0 Å². The number of carboxylic acid groups (broad SMARTS) is 1. The maximum absolute atomic E-state index is 11.4. The van der Waals surface area contributed by atoms with E-state index in [-0.39, 0.29) is 12.6 Å². The molecule has 0 radical (unpaired) electrons. The van der Waals surface area contributed by atoms with E-state index in [0.717, 1.165) is 29.5 Å². The van der Waals surface area contributed by atoms with Crippen LogP contribution in [0.2, 0.25) is 5.02 Å². The molecule has 0 saturated heterocycles. The fraction of sp³-hybridized carbons (Fsp3) is 0.400. The third-order valence-corrected chi connectivity index (χ3v) is 6.06. The van der Waals surface area contributed by atoms with Crippen molar-refractivity contribution in [2.75, 3.05) is 20.3 Å². The van der Waals surface area contributed by atoms with E-state index in [9.17, 15) is 15.0 Å². The van der Waals surface area contributed by atoms with Gasteiger partial charge in [0.15, 0.2) is 0 Å². The van der Waals surface area contributed by atoms with Gasteiger partial charge in [-0.25, -0.2) is 0 Å². The molecule has 0 saturated carbocycles. The van der Waals surface area contributed by atoms with E-state index in [4.69, 9.17) is 21.1 Å². The molecule has 6 nitrogen and oxygen atoms in total. The summed E-state index contributed by atoms with van der Waals surface area (Å²) in [6.45, 7) is 8.18. The third kappa shape index (κ3) is 5.09. The largest absolute Gasteiger partial charge is 0.493 e. The summed E-state index contributed by atoms with van der Waals surface area (Å²) < 4.78 is 12.1. The Morgan fingerprint density at radius 2 is 2.09 bits per heavy atom. The Labute approximate surface area is 194 Å². The van der Waals surface area contributed by atoms with Gasteiger partial charge in [-0.2, -0.15) is 0 Å². The van der Waals surface area contributed by atoms with Crippen molar-refractivity contribution in [1.82, 2.24) is 4.90 Å². The first-order valence-corrected chi connectivity index (χ1v) is 11.1. The van der Waals surface area contributed by atoms with E-state index in [0.29, 0.717) is 23.1 Å². The van der Waals surface area contributed by atoms with E-state index in [2.05, 4.69) is 18.7 Å². The van der Waals surface area contributed by atoms with Gasteiger partial charge in [0.1, 0.15) is 23.6 Å². The van der Waals surface area contributed by atoms with Crippen molar-refractivity contribution < 1.29 is 24.5 Å². The fourth-order valence-corrected chi connectivity index (χ4v) is 4.39. The molecule has 7 heteroatoms. The van der Waals surface area contributed by atoms with Crippen molar-refractivity contribution in [3.05, 3.63) is 64.2 Å². The van der Waals surface area contributed by atoms with Crippen molar-refractivity contribution in [2.24, 2.45) is 0 Å². The van der Waals surface area contributed by atoms with Gasteiger partial charge in [-0.1, -0.05) is 42.0 Å². The monoisotopic (exact) mass is 459 g/mol. The number of benzene rings is 2. The molecule has 2 aromatic rings. The van der Waals surface area contributed by atoms with Gasteiger partial charge < -0.3 is 19.7 Å². The van der Waals surface area contributed by atoms with Gasteiger partial charge in [0.25, 0.3) is 0 Å². The number of hydrogen-bond acceptors (Lipinski definition) is 5. The fourth-order valence-electron chi connectivity index (χ4n) is 4.16. The Bertz CT molecular complexity index is 1010. The van der Waals surface area contributed by atoms with E-state index >= 15 is 0 Å². The summed E-state index contributed by atoms with van der Waals surface area (Å²) in [6.07, 6.45) is 1.65. The maximum atomic E-state index is 11.4. The number of rotatable bonds is 10. The lowest BCUT2D eigenvalue weighted by molar-refractivity contribution is -0.144. The minimum Gasteiger partial charge on any atom is -0.493 e. The van der Waals surface area contributed by atoms with Crippen molar-refractivity contribution >= 4 is 23.1 Å². The number of nitrogens with zero attached hydrogens (tertiary/aromatic N) is 1. The number of carboxylic acids is 1. The van der Waals surface area contributed by atoms with Crippen molar-refractivity contribution in [3.63, 3.8) is 0 Å². The van der Waals surface area contributed by atoms with Crippen LogP contribution >= 0.6 is 11.6 Å². The smallest absolute Gasteiger partial charge is 0.323 e. The van der Waals surface area contributed by atoms with Crippen LogP contribution in [0.4, 0.5) is 0 Å². The Kier molecular flexibility index (Phi) is 7.82. The minimum absolute atomic E-state index is 0.115. The molecule has 0 aliphatic heterocycles. The molecule has 0 aromatic heterocycles. The van der Waals surface area contributed by atoms with Gasteiger partial charge in [0.2, 0.25) is 0 Å². The van der Waals surface area contributed by atoms with Crippen LogP contribution in [-0.4, -0.2) is 47.4 Å². The lowest BCUT2D eigenvalue weighted by Crippen LogP contribution is -2.40. The first kappa shape index (κ1) is 24.1. The second-order valence-corrected chi connectivity index (χ2v) is 8.48. The number of likely N-dealkylation sites (N-methyl/N-ethyl adjacent to an activating group) is 1. The van der Waals surface area contributed by atoms with Crippen molar-refractivity contribution in [3.8, 4) is 11.5 Å². The van der Waals surface area contributed by atoms with Gasteiger partial charge in [-0.15, -0.1) is 0 Å². The van der Waals surface area contributed by atoms with E-state index < -0.39 is 18.6 Å². The number of aliphatic hydroxyl groups is 1. The third-order valence-electron chi connectivity index (χ3n) is 5.77. The Balaban J connectivity index is 1.87. The Morgan fingerprint density at radius 1 is 1.34 bits per heavy atom. The first-order valence-electron chi connectivity index (χ1n) is 10.7. The van der Waals surface area contributed by atoms with Crippen LogP contribution in [0.25, 0.3) is 5.57 Å². The number of allylic oxidation sites excluding steroid dienone is 1. The molecule has 0 unspecified atom stereocenters. The molecule has 1 aliphatic rings. The summed E-state index contributed by atoms with van der Waals surface area (Å²) in [7, 11) is 1.64. The summed E-state index contributed by atoms with van der Waals surface area (Å²) >= 11 is 6.57. The van der Waals surface area contributed by atoms with Crippen LogP contribution < -0.4 is 9.47 Å². The number of ether oxygens (including phenoxy) is 2. The number of fused-ring (bicyclic) bond motifs is 1. The van der Waals surface area contributed by atoms with Crippen LogP contribution in [-0.2, 0) is 17.8 Å². The summed E-state index contributed by atoms with van der Waals surface area (Å²) in [5, 5.41) is 19.1. The molecule has 1 aliphatic carbocycles. The number of carbonyl (C=O) groups is 1. The summed E-state index contributed by atoms with van der Waals surface area (Å²) in [4.78, 5) is 12.9. The number of halogens is 1. The molecule has 0 bridgehead atoms. The van der Waals surface area contributed by atoms with Crippen LogP contribution in [0.5, 0.6) is 11.5 Å². The highest BCUT2D eigenvalue weighted by molar-refractivity contribution is 6.32. The van der Waals surface area contributed by atoms with E-state index in [1.165, 1.54) is 11.1 Å². The second kappa shape index (κ2) is 10.4. The van der Waals surface area contributed by atoms with Crippen LogP contribution in [0.15, 0.2) is 36.9 Å². The van der Waals surface area contributed by atoms with Gasteiger partial charge in [-0.3, -0.25) is 9.69 Å². The standard InChI is InChI=1S/C25H30ClNO5/c1-5-31-23-12-24(20(26)11-16(23)13-27(4)21(14-28)25(29)30)32-22-10-9-18-17(15(2)3)7-6-8-19(18)22/h6-8,11-12,21-22,28H,2,5,9-10,13-14H2,1,3-4H3,(H,29,30)/t21-,22-/m0/s1. The zero-order valence-corrected chi connectivity index (χ0v) is 19.5. The average Bonchev–Trinajstić information content (AvgIpc) is 3.14. The average molecular weight is 460 g/mol. The van der Waals surface area contributed by atoms with Gasteiger partial charge in [-0.05, 0) is 56.5 Å². The summed E-state index contributed by atoms with van der Waals surface area (Å²) in [6, 6.07) is 8.69. The molecule has 0 spiro atoms. The predicted octanol–water partition coefficient (Wildman–Crippen LogP) is 4.72. The highest BCUT2D eigenvalue weighted by Crippen LogP contribution is 2.41. The number of aliphatic carboxylic acids is 1. The quantitative estimate of drug-likeness (QED) is 0.535. The summed E-state index contributed by atoms with van der Waals surface area (Å²) in [5.41, 5.74) is 5.35. The lowest BCUT2D eigenvalue weighted by Gasteiger charge is -2.25. The molecule has 0 heterocycles. The van der Waals surface area contributed by atoms with Crippen LogP contribution in [0.1, 0.15) is 48.6 Å². The summed E-state index contributed by atoms with van der Waals surface area (Å²) in [5.74, 6) is 0.0137. The van der Waals surface area contributed by atoms with E-state index in [1.807, 2.05) is 19.9 Å². The predicted molar refractivity (Wildman–Crippen MR) is 125 cm³/mol. The molecule has 2 atom stereocenters. The molecule has 32 heavy (non-hydrogen) atoms. The molecular weight excluding hydrogens is 430 g/mol. The highest BCUT2D eigenvalue weighted by atomic mass is 35.5. The SMILES string of the molecule is C=C(C)c1cccc2c1CC[C@@H]2Oc1cc(OCC)c(CN(C)[C@@H](CO)C(=O)O)cc1Cl. The van der Waals surface area contributed by atoms with Crippen molar-refractivity contribution in [2.45, 2.75) is 45.4 Å². The second-order valence-electron chi connectivity index (χ2n) is 8.07. The number of hydrogen-bond donors (Lipinski definition) is 2. The lowest BCUT2D eigenvalue weighted by atomic mass is 9.98. The molecule has 2 aromatic carbocycles. The van der Waals surface area contributed by atoms with Crippen LogP contribution in [0.3, 0.4) is 0 Å². The molecule has 3 rings (SSSR count). The maximum Gasteiger partial charge on any atom is 0.323 e. The molecular formula is C25H30ClNO5. The van der Waals surface area contributed by atoms with Gasteiger partial charge in [0.05, 0.1) is 18.2 Å². The normalized spacial score (nSPS) is 16.0. The van der Waals surface area contributed by atoms with E-state index in [1.54, 1.807) is 24.1 Å². The highest BCUT2D eigenvalue weighted by Gasteiger charge is 2.28. The first-order chi connectivity index (χ1) is 15.3. The number of aliphatic hydroxyl groups excluding tert-OH is 1. The van der Waals surface area contributed by atoms with Gasteiger partial charge >= 0.3 is 5.97 Å². The van der Waals surface area contributed by atoms with Gasteiger partial charge in [0, 0.05) is 18.2 Å². The minimum atomic E-state index is -1.09. The molecule has 172 valence electrons. The zero-order chi connectivity index (χ0) is 23.4. The Morgan fingerprint density at radius 3 is 2.72 bits per heavy atom. The zero-order valence-electron chi connectivity index (χ0n) is 18.7. The topological polar surface area (TPSA) is 79.2 Å². The Hall–Kier alpha value is -2.54. The van der Waals surface area contributed by atoms with Crippen molar-refractivity contribution in [1.29, 1.82) is 0 Å². The molecule has 0 amide bonds. The molecule has 0 fully saturated rings.